The van der Waals surface area contributed by atoms with E-state index in [1.807, 2.05) is 24.3 Å². The van der Waals surface area contributed by atoms with Crippen molar-refractivity contribution in [1.29, 1.82) is 0 Å². The summed E-state index contributed by atoms with van der Waals surface area (Å²) in [5.74, 6) is -1.13. The molecule has 1 heterocycles. The zero-order valence-electron chi connectivity index (χ0n) is 11.1. The number of fused-ring (bicyclic) bond motifs is 1. The average molecular weight is 275 g/mol. The third-order valence-corrected chi connectivity index (χ3v) is 3.58. The fraction of sp³-hybridized carbons (Fsp3) is 0.250. The molecule has 1 aliphatic heterocycles. The Morgan fingerprint density at radius 1 is 1.15 bits per heavy atom. The van der Waals surface area contributed by atoms with E-state index in [1.54, 1.807) is 6.92 Å². The van der Waals surface area contributed by atoms with Crippen molar-refractivity contribution < 1.29 is 13.5 Å². The van der Waals surface area contributed by atoms with E-state index in [4.69, 9.17) is 4.74 Å². The summed E-state index contributed by atoms with van der Waals surface area (Å²) in [6.07, 6.45) is 0. The molecule has 0 radical (unpaired) electrons. The molecule has 2 aromatic carbocycles. The van der Waals surface area contributed by atoms with E-state index < -0.39 is 11.6 Å². The second-order valence-electron chi connectivity index (χ2n) is 4.96. The molecule has 1 aliphatic rings. The predicted molar refractivity (Wildman–Crippen MR) is 73.6 cm³/mol. The second kappa shape index (κ2) is 5.21. The third-order valence-electron chi connectivity index (χ3n) is 3.58. The van der Waals surface area contributed by atoms with Gasteiger partial charge in [-0.1, -0.05) is 30.3 Å². The molecule has 0 bridgehead atoms. The smallest absolute Gasteiger partial charge is 0.152 e. The van der Waals surface area contributed by atoms with Crippen LogP contribution < -0.4 is 5.32 Å². The summed E-state index contributed by atoms with van der Waals surface area (Å²) in [4.78, 5) is 0. The van der Waals surface area contributed by atoms with Gasteiger partial charge in [-0.25, -0.2) is 8.78 Å². The number of nitrogens with one attached hydrogen (secondary N) is 1. The van der Waals surface area contributed by atoms with Crippen molar-refractivity contribution >= 4 is 5.69 Å². The molecule has 2 aromatic rings. The average Bonchev–Trinajstić information content (AvgIpc) is 2.48. The van der Waals surface area contributed by atoms with E-state index in [-0.39, 0.29) is 11.7 Å². The molecule has 0 saturated heterocycles. The molecule has 3 rings (SSSR count). The number of benzene rings is 2. The molecule has 0 amide bonds. The fourth-order valence-electron chi connectivity index (χ4n) is 2.46. The molecule has 104 valence electrons. The number of rotatable bonds is 2. The molecular weight excluding hydrogens is 260 g/mol. The van der Waals surface area contributed by atoms with E-state index in [0.717, 1.165) is 11.1 Å². The maximum atomic E-state index is 14.1. The van der Waals surface area contributed by atoms with E-state index >= 15 is 0 Å². The van der Waals surface area contributed by atoms with Crippen LogP contribution in [0, 0.1) is 18.6 Å². The molecule has 2 nitrogen and oxygen atoms in total. The normalized spacial score (nSPS) is 17.6. The van der Waals surface area contributed by atoms with Crippen LogP contribution >= 0.6 is 0 Å². The van der Waals surface area contributed by atoms with E-state index in [1.165, 1.54) is 12.1 Å². The van der Waals surface area contributed by atoms with Gasteiger partial charge in [0.25, 0.3) is 0 Å². The minimum Gasteiger partial charge on any atom is -0.374 e. The Morgan fingerprint density at radius 3 is 2.80 bits per heavy atom. The van der Waals surface area contributed by atoms with Gasteiger partial charge < -0.3 is 10.1 Å². The molecule has 20 heavy (non-hydrogen) atoms. The van der Waals surface area contributed by atoms with Crippen molar-refractivity contribution in [2.24, 2.45) is 0 Å². The first kappa shape index (κ1) is 13.1. The molecular formula is C16H15F2NO. The Bertz CT molecular complexity index is 642. The maximum absolute atomic E-state index is 14.1. The van der Waals surface area contributed by atoms with Crippen molar-refractivity contribution in [2.75, 3.05) is 11.9 Å². The van der Waals surface area contributed by atoms with Crippen LogP contribution in [0.5, 0.6) is 0 Å². The lowest BCUT2D eigenvalue weighted by molar-refractivity contribution is 0.0968. The van der Waals surface area contributed by atoms with E-state index in [2.05, 4.69) is 5.32 Å². The first-order valence-corrected chi connectivity index (χ1v) is 6.53. The quantitative estimate of drug-likeness (QED) is 0.895. The molecule has 0 aliphatic carbocycles. The number of aryl methyl sites for hydroxylation is 1. The van der Waals surface area contributed by atoms with Crippen LogP contribution in [-0.4, -0.2) is 6.61 Å². The Labute approximate surface area is 116 Å². The fourth-order valence-corrected chi connectivity index (χ4v) is 2.46. The molecule has 0 aromatic heterocycles. The number of hydrogen-bond acceptors (Lipinski definition) is 2. The lowest BCUT2D eigenvalue weighted by Crippen LogP contribution is -2.24. The summed E-state index contributed by atoms with van der Waals surface area (Å²) in [5.41, 5.74) is 2.40. The first-order chi connectivity index (χ1) is 9.66. The first-order valence-electron chi connectivity index (χ1n) is 6.53. The van der Waals surface area contributed by atoms with Gasteiger partial charge in [0, 0.05) is 0 Å². The van der Waals surface area contributed by atoms with Gasteiger partial charge in [0.2, 0.25) is 0 Å². The zero-order chi connectivity index (χ0) is 14.1. The van der Waals surface area contributed by atoms with Crippen LogP contribution in [0.4, 0.5) is 14.5 Å². The Balaban J connectivity index is 1.96. The highest BCUT2D eigenvalue weighted by molar-refractivity contribution is 5.51. The minimum absolute atomic E-state index is 0.0877. The Morgan fingerprint density at radius 2 is 1.95 bits per heavy atom. The monoisotopic (exact) mass is 275 g/mol. The van der Waals surface area contributed by atoms with Crippen LogP contribution in [0.2, 0.25) is 0 Å². The van der Waals surface area contributed by atoms with Gasteiger partial charge in [-0.3, -0.25) is 0 Å². The molecule has 1 N–H and O–H groups in total. The second-order valence-corrected chi connectivity index (χ2v) is 4.96. The minimum atomic E-state index is -0.587. The summed E-state index contributed by atoms with van der Waals surface area (Å²) in [6.45, 7) is 2.54. The summed E-state index contributed by atoms with van der Waals surface area (Å²) in [5, 5.41) is 2.94. The third kappa shape index (κ3) is 2.27. The van der Waals surface area contributed by atoms with Gasteiger partial charge in [-0.05, 0) is 29.7 Å². The largest absolute Gasteiger partial charge is 0.374 e. The van der Waals surface area contributed by atoms with E-state index in [9.17, 15) is 8.78 Å². The van der Waals surface area contributed by atoms with Gasteiger partial charge in [0.05, 0.1) is 19.3 Å². The van der Waals surface area contributed by atoms with Crippen molar-refractivity contribution in [3.05, 3.63) is 64.7 Å². The molecule has 0 fully saturated rings. The van der Waals surface area contributed by atoms with Crippen LogP contribution in [0.1, 0.15) is 22.7 Å². The van der Waals surface area contributed by atoms with Gasteiger partial charge in [-0.15, -0.1) is 0 Å². The van der Waals surface area contributed by atoms with Crippen molar-refractivity contribution in [1.82, 2.24) is 0 Å². The van der Waals surface area contributed by atoms with E-state index in [0.29, 0.717) is 18.8 Å². The summed E-state index contributed by atoms with van der Waals surface area (Å²) >= 11 is 0. The van der Waals surface area contributed by atoms with Gasteiger partial charge in [0.15, 0.2) is 5.82 Å². The molecule has 1 unspecified atom stereocenters. The standard InChI is InChI=1S/C16H15F2NO/c1-10-6-7-13(17)16(15(10)18)19-14-9-20-8-11-4-2-3-5-12(11)14/h2-7,14,19H,8-9H2,1H3. The Kier molecular flexibility index (Phi) is 3.40. The lowest BCUT2D eigenvalue weighted by Gasteiger charge is -2.27. The number of ether oxygens (including phenoxy) is 1. The molecule has 0 saturated carbocycles. The number of halogens is 2. The number of anilines is 1. The van der Waals surface area contributed by atoms with Crippen LogP contribution in [-0.2, 0) is 11.3 Å². The summed E-state index contributed by atoms with van der Waals surface area (Å²) in [7, 11) is 0. The highest BCUT2D eigenvalue weighted by atomic mass is 19.1. The van der Waals surface area contributed by atoms with Crippen molar-refractivity contribution in [3.63, 3.8) is 0 Å². The number of hydrogen-bond donors (Lipinski definition) is 1. The summed E-state index contributed by atoms with van der Waals surface area (Å²) in [6, 6.07) is 10.2. The van der Waals surface area contributed by atoms with Gasteiger partial charge in [-0.2, -0.15) is 0 Å². The SMILES string of the molecule is Cc1ccc(F)c(NC2COCc3ccccc32)c1F. The Hall–Kier alpha value is -1.94. The van der Waals surface area contributed by atoms with Gasteiger partial charge >= 0.3 is 0 Å². The van der Waals surface area contributed by atoms with Crippen LogP contribution in [0.3, 0.4) is 0 Å². The molecule has 1 atom stereocenters. The lowest BCUT2D eigenvalue weighted by atomic mass is 9.98. The van der Waals surface area contributed by atoms with Crippen molar-refractivity contribution in [3.8, 4) is 0 Å². The molecule has 0 spiro atoms. The highest BCUT2D eigenvalue weighted by Gasteiger charge is 2.23. The zero-order valence-corrected chi connectivity index (χ0v) is 11.1. The molecule has 4 heteroatoms. The van der Waals surface area contributed by atoms with Crippen molar-refractivity contribution in [2.45, 2.75) is 19.6 Å². The van der Waals surface area contributed by atoms with Crippen LogP contribution in [0.25, 0.3) is 0 Å². The summed E-state index contributed by atoms with van der Waals surface area (Å²) < 4.78 is 33.4. The van der Waals surface area contributed by atoms with Crippen LogP contribution in [0.15, 0.2) is 36.4 Å². The maximum Gasteiger partial charge on any atom is 0.152 e. The predicted octanol–water partition coefficient (Wildman–Crippen LogP) is 3.96. The highest BCUT2D eigenvalue weighted by Crippen LogP contribution is 2.30. The topological polar surface area (TPSA) is 21.3 Å². The van der Waals surface area contributed by atoms with Gasteiger partial charge in [0.1, 0.15) is 11.5 Å².